The molecular weight excluding hydrogens is 574 g/mol. The highest BCUT2D eigenvalue weighted by atomic mass is 16.6. The van der Waals surface area contributed by atoms with E-state index in [4.69, 9.17) is 19.6 Å². The maximum atomic E-state index is 13.2. The third-order valence-electron chi connectivity index (χ3n) is 8.21. The minimum absolute atomic E-state index is 0.0157. The number of hydrogen-bond acceptors (Lipinski definition) is 8. The Morgan fingerprint density at radius 3 is 2.33 bits per heavy atom. The lowest BCUT2D eigenvalue weighted by Gasteiger charge is -2.55. The Morgan fingerprint density at radius 2 is 1.73 bits per heavy atom. The summed E-state index contributed by atoms with van der Waals surface area (Å²) < 4.78 is 17.3. The van der Waals surface area contributed by atoms with Gasteiger partial charge >= 0.3 is 6.09 Å². The molecule has 11 heteroatoms. The predicted molar refractivity (Wildman–Crippen MR) is 169 cm³/mol. The number of hydrogen-bond donors (Lipinski definition) is 3. The number of amides is 3. The van der Waals surface area contributed by atoms with Crippen LogP contribution in [0.2, 0.25) is 0 Å². The summed E-state index contributed by atoms with van der Waals surface area (Å²) in [5.74, 6) is 0.956. The van der Waals surface area contributed by atoms with Crippen LogP contribution >= 0.6 is 0 Å². The van der Waals surface area contributed by atoms with Crippen LogP contribution in [-0.4, -0.2) is 78.4 Å². The van der Waals surface area contributed by atoms with Crippen LogP contribution in [0.1, 0.15) is 61.5 Å². The SMILES string of the molecule is CN/C(=C\C(=N)C1CC1)C(=O)NCc1cccc(OCc2ccc(C(=O)N3CC4CC(C3)N4C(=O)OC(C)(C)C)cc2)c1OC. The van der Waals surface area contributed by atoms with Gasteiger partial charge in [0.1, 0.15) is 17.9 Å². The monoisotopic (exact) mass is 617 g/mol. The average molecular weight is 618 g/mol. The van der Waals surface area contributed by atoms with Gasteiger partial charge in [-0.2, -0.15) is 0 Å². The minimum Gasteiger partial charge on any atom is -0.493 e. The van der Waals surface area contributed by atoms with Crippen molar-refractivity contribution in [1.82, 2.24) is 20.4 Å². The van der Waals surface area contributed by atoms with Crippen LogP contribution in [0.3, 0.4) is 0 Å². The van der Waals surface area contributed by atoms with Crippen molar-refractivity contribution in [3.05, 3.63) is 70.9 Å². The van der Waals surface area contributed by atoms with Gasteiger partial charge < -0.3 is 35.2 Å². The molecule has 6 rings (SSSR count). The van der Waals surface area contributed by atoms with Gasteiger partial charge in [0.05, 0.1) is 19.2 Å². The molecule has 2 bridgehead atoms. The van der Waals surface area contributed by atoms with Crippen LogP contribution in [0, 0.1) is 11.3 Å². The first-order valence-corrected chi connectivity index (χ1v) is 15.4. The molecule has 3 N–H and O–H groups in total. The maximum absolute atomic E-state index is 13.2. The van der Waals surface area contributed by atoms with Crippen molar-refractivity contribution >= 4 is 23.6 Å². The molecule has 2 aromatic carbocycles. The normalized spacial score (nSPS) is 19.3. The summed E-state index contributed by atoms with van der Waals surface area (Å²) in [6.45, 7) is 7.02. The molecule has 3 saturated heterocycles. The van der Waals surface area contributed by atoms with Crippen LogP contribution in [0.15, 0.2) is 54.2 Å². The number of piperidine rings is 1. The minimum atomic E-state index is -0.552. The second kappa shape index (κ2) is 13.2. The van der Waals surface area contributed by atoms with Gasteiger partial charge in [-0.15, -0.1) is 0 Å². The topological polar surface area (TPSA) is 133 Å². The summed E-state index contributed by atoms with van der Waals surface area (Å²) in [5, 5.41) is 13.9. The van der Waals surface area contributed by atoms with Gasteiger partial charge in [-0.1, -0.05) is 24.3 Å². The number of fused-ring (bicyclic) bond motifs is 2. The first-order chi connectivity index (χ1) is 21.5. The van der Waals surface area contributed by atoms with E-state index >= 15 is 0 Å². The number of allylic oxidation sites excluding steroid dienone is 1. The zero-order chi connectivity index (χ0) is 32.3. The number of rotatable bonds is 11. The van der Waals surface area contributed by atoms with Crippen LogP contribution in [-0.2, 0) is 22.7 Å². The molecule has 4 fully saturated rings. The first-order valence-electron chi connectivity index (χ1n) is 15.4. The van der Waals surface area contributed by atoms with Crippen LogP contribution in [0.25, 0.3) is 0 Å². The molecule has 0 spiro atoms. The van der Waals surface area contributed by atoms with Gasteiger partial charge in [0.2, 0.25) is 0 Å². The number of ether oxygens (including phenoxy) is 3. The van der Waals surface area contributed by atoms with E-state index in [-0.39, 0.29) is 49.1 Å². The zero-order valence-electron chi connectivity index (χ0n) is 26.6. The number of nitrogens with one attached hydrogen (secondary N) is 3. The van der Waals surface area contributed by atoms with Gasteiger partial charge in [0.25, 0.3) is 11.8 Å². The Labute approximate surface area is 264 Å². The van der Waals surface area contributed by atoms with E-state index in [1.165, 1.54) is 0 Å². The van der Waals surface area contributed by atoms with Gasteiger partial charge in [0, 0.05) is 49.4 Å². The zero-order valence-corrected chi connectivity index (χ0v) is 26.6. The van der Waals surface area contributed by atoms with Gasteiger partial charge in [-0.05, 0) is 69.9 Å². The number of carbonyl (C=O) groups excluding carboxylic acids is 3. The molecule has 11 nitrogen and oxygen atoms in total. The molecular formula is C34H43N5O6. The molecule has 1 aliphatic carbocycles. The third kappa shape index (κ3) is 7.58. The van der Waals surface area contributed by atoms with Crippen molar-refractivity contribution < 1.29 is 28.6 Å². The summed E-state index contributed by atoms with van der Waals surface area (Å²) in [5.41, 5.74) is 2.48. The summed E-state index contributed by atoms with van der Waals surface area (Å²) in [4.78, 5) is 42.1. The predicted octanol–water partition coefficient (Wildman–Crippen LogP) is 4.26. The molecule has 2 atom stereocenters. The number of benzene rings is 2. The molecule has 240 valence electrons. The Balaban J connectivity index is 1.14. The molecule has 4 aliphatic rings. The van der Waals surface area contributed by atoms with E-state index in [2.05, 4.69) is 10.6 Å². The van der Waals surface area contributed by atoms with Crippen molar-refractivity contribution in [2.24, 2.45) is 5.92 Å². The van der Waals surface area contributed by atoms with E-state index < -0.39 is 5.60 Å². The quantitative estimate of drug-likeness (QED) is 0.254. The van der Waals surface area contributed by atoms with Crippen LogP contribution < -0.4 is 20.1 Å². The van der Waals surface area contributed by atoms with Gasteiger partial charge in [0.15, 0.2) is 11.5 Å². The second-order valence-corrected chi connectivity index (χ2v) is 12.8. The molecule has 0 aromatic heterocycles. The van der Waals surface area contributed by atoms with Gasteiger partial charge in [-0.25, -0.2) is 4.79 Å². The van der Waals surface area contributed by atoms with Crippen molar-refractivity contribution in [2.75, 3.05) is 27.2 Å². The lowest BCUT2D eigenvalue weighted by Crippen LogP contribution is -2.71. The fourth-order valence-corrected chi connectivity index (χ4v) is 5.71. The van der Waals surface area contributed by atoms with Crippen molar-refractivity contribution in [3.8, 4) is 11.5 Å². The second-order valence-electron chi connectivity index (χ2n) is 12.8. The highest BCUT2D eigenvalue weighted by Crippen LogP contribution is 2.35. The van der Waals surface area contributed by atoms with E-state index in [1.807, 2.05) is 49.9 Å². The molecule has 3 amide bonds. The highest BCUT2D eigenvalue weighted by molar-refractivity contribution is 6.04. The fraction of sp³-hybridized carbons (Fsp3) is 0.471. The van der Waals surface area contributed by atoms with Crippen LogP contribution in [0.5, 0.6) is 11.5 Å². The number of nitrogens with zero attached hydrogens (tertiary/aromatic N) is 2. The Hall–Kier alpha value is -4.54. The van der Waals surface area contributed by atoms with E-state index in [0.717, 1.165) is 30.4 Å². The average Bonchev–Trinajstić information content (AvgIpc) is 3.86. The summed E-state index contributed by atoms with van der Waals surface area (Å²) >= 11 is 0. The van der Waals surface area contributed by atoms with Crippen molar-refractivity contribution in [2.45, 2.75) is 70.9 Å². The maximum Gasteiger partial charge on any atom is 0.410 e. The Kier molecular flexibility index (Phi) is 9.36. The molecule has 2 unspecified atom stereocenters. The molecule has 3 aliphatic heterocycles. The highest BCUT2D eigenvalue weighted by Gasteiger charge is 2.49. The number of likely N-dealkylation sites (N-methyl/N-ethyl adjacent to an activating group) is 1. The molecule has 45 heavy (non-hydrogen) atoms. The summed E-state index contributed by atoms with van der Waals surface area (Å²) in [6.07, 6.45) is 4.16. The van der Waals surface area contributed by atoms with E-state index in [1.54, 1.807) is 43.3 Å². The Bertz CT molecular complexity index is 1460. The lowest BCUT2D eigenvalue weighted by molar-refractivity contribution is -0.118. The number of carbonyl (C=O) groups is 3. The van der Waals surface area contributed by atoms with Crippen LogP contribution in [0.4, 0.5) is 4.79 Å². The number of methoxy groups -OCH3 is 1. The fourth-order valence-electron chi connectivity index (χ4n) is 5.71. The molecule has 0 radical (unpaired) electrons. The van der Waals surface area contributed by atoms with E-state index in [0.29, 0.717) is 41.6 Å². The van der Waals surface area contributed by atoms with Crippen molar-refractivity contribution in [1.29, 1.82) is 5.41 Å². The number of para-hydroxylation sites is 1. The first kappa shape index (κ1) is 31.9. The Morgan fingerprint density at radius 1 is 1.04 bits per heavy atom. The molecule has 1 saturated carbocycles. The molecule has 2 aromatic rings. The third-order valence-corrected chi connectivity index (χ3v) is 8.21. The lowest BCUT2D eigenvalue weighted by atomic mass is 9.87. The largest absolute Gasteiger partial charge is 0.493 e. The standard InChI is InChI=1S/C34H43N5O6/c1-34(2,3)45-33(42)39-25-15-26(39)19-38(18-25)32(41)23-11-9-21(10-12-23)20-44-29-8-6-7-24(30(29)43-5)17-37-31(40)28(36-4)16-27(35)22-13-14-22/h6-12,16,22,25-26,35-36H,13-15,17-20H2,1-5H3,(H,37,40)/b28-16-,35-27?. The number of piperazine rings is 1. The smallest absolute Gasteiger partial charge is 0.410 e. The van der Waals surface area contributed by atoms with Gasteiger partial charge in [-0.3, -0.25) is 14.5 Å². The summed E-state index contributed by atoms with van der Waals surface area (Å²) in [7, 11) is 3.22. The van der Waals surface area contributed by atoms with E-state index in [9.17, 15) is 14.4 Å². The summed E-state index contributed by atoms with van der Waals surface area (Å²) in [6, 6.07) is 12.8. The molecule has 3 heterocycles. The van der Waals surface area contributed by atoms with Crippen molar-refractivity contribution in [3.63, 3.8) is 0 Å².